The smallest absolute Gasteiger partial charge is 0.269 e. The summed E-state index contributed by atoms with van der Waals surface area (Å²) < 4.78 is 13.4. The summed E-state index contributed by atoms with van der Waals surface area (Å²) in [5, 5.41) is 2.59. The lowest BCUT2D eigenvalue weighted by atomic mass is 10.1. The van der Waals surface area contributed by atoms with Crippen molar-refractivity contribution in [1.82, 2.24) is 29.8 Å². The number of morpholine rings is 1. The van der Waals surface area contributed by atoms with Crippen molar-refractivity contribution in [2.24, 2.45) is 0 Å². The molecular weight excluding hydrogens is 438 g/mol. The highest BCUT2D eigenvalue weighted by atomic mass is 28.3. The van der Waals surface area contributed by atoms with E-state index in [9.17, 15) is 4.79 Å². The summed E-state index contributed by atoms with van der Waals surface area (Å²) >= 11 is 0. The van der Waals surface area contributed by atoms with Crippen LogP contribution in [0.3, 0.4) is 0 Å². The lowest BCUT2D eigenvalue weighted by Gasteiger charge is -2.27. The molecule has 1 aliphatic rings. The third-order valence-electron chi connectivity index (χ3n) is 5.47. The third-order valence-corrected chi connectivity index (χ3v) is 7.17. The number of rotatable bonds is 8. The topological polar surface area (TPSA) is 107 Å². The second kappa shape index (κ2) is 9.94. The van der Waals surface area contributed by atoms with Gasteiger partial charge < -0.3 is 19.7 Å². The maximum absolute atomic E-state index is 11.9. The zero-order valence-corrected chi connectivity index (χ0v) is 20.7. The van der Waals surface area contributed by atoms with Gasteiger partial charge in [0.15, 0.2) is 5.65 Å². The summed E-state index contributed by atoms with van der Waals surface area (Å²) in [6, 6.07) is 4.63. The molecule has 1 fully saturated rings. The van der Waals surface area contributed by atoms with Crippen LogP contribution in [0.15, 0.2) is 24.7 Å². The van der Waals surface area contributed by atoms with Crippen LogP contribution < -0.4 is 10.2 Å². The molecule has 11 heteroatoms. The lowest BCUT2D eigenvalue weighted by molar-refractivity contribution is 0.0894. The van der Waals surface area contributed by atoms with Crippen LogP contribution in [0.4, 0.5) is 5.95 Å². The van der Waals surface area contributed by atoms with E-state index in [-0.39, 0.29) is 5.91 Å². The van der Waals surface area contributed by atoms with Crippen molar-refractivity contribution in [3.63, 3.8) is 0 Å². The Hall–Kier alpha value is -2.89. The van der Waals surface area contributed by atoms with Crippen LogP contribution in [0.5, 0.6) is 0 Å². The van der Waals surface area contributed by atoms with Gasteiger partial charge in [0.1, 0.15) is 23.6 Å². The summed E-state index contributed by atoms with van der Waals surface area (Å²) in [7, 11) is 0.420. The van der Waals surface area contributed by atoms with Crippen LogP contribution in [-0.2, 0) is 16.2 Å². The molecule has 0 atom stereocenters. The van der Waals surface area contributed by atoms with E-state index in [0.717, 1.165) is 24.7 Å². The van der Waals surface area contributed by atoms with E-state index in [1.165, 1.54) is 0 Å². The molecule has 4 rings (SSSR count). The monoisotopic (exact) mass is 469 g/mol. The number of amides is 1. The number of carbonyl (C=O) groups excluding carboxylic acids is 1. The standard InChI is InChI=1S/C22H31N7O3Si/c1-23-21(30)17-6-5-16(13-24-17)18-19-20(27-22(26-18)28-7-9-31-10-8-28)29(14-25-19)15-32-11-12-33(2,3)4/h5-6,13-14H,7-12,15H2,1-4H3,(H,23,30). The normalized spacial score (nSPS) is 14.6. The number of carbonyl (C=O) groups is 1. The van der Waals surface area contributed by atoms with Gasteiger partial charge in [-0.3, -0.25) is 14.3 Å². The van der Waals surface area contributed by atoms with Crippen molar-refractivity contribution in [3.05, 3.63) is 30.4 Å². The van der Waals surface area contributed by atoms with Gasteiger partial charge in [0.2, 0.25) is 5.95 Å². The number of pyridine rings is 1. The fourth-order valence-corrected chi connectivity index (χ4v) is 4.23. The maximum atomic E-state index is 11.9. The van der Waals surface area contributed by atoms with Gasteiger partial charge in [0.05, 0.1) is 19.5 Å². The first-order valence-corrected chi connectivity index (χ1v) is 14.9. The van der Waals surface area contributed by atoms with Gasteiger partial charge in [-0.2, -0.15) is 4.98 Å². The molecule has 0 saturated carbocycles. The molecule has 0 aliphatic carbocycles. The van der Waals surface area contributed by atoms with Crippen LogP contribution >= 0.6 is 0 Å². The molecule has 1 amide bonds. The lowest BCUT2D eigenvalue weighted by Crippen LogP contribution is -2.37. The van der Waals surface area contributed by atoms with E-state index in [4.69, 9.17) is 19.4 Å². The Labute approximate surface area is 194 Å². The van der Waals surface area contributed by atoms with Gasteiger partial charge in [0.25, 0.3) is 5.91 Å². The van der Waals surface area contributed by atoms with E-state index >= 15 is 0 Å². The number of fused-ring (bicyclic) bond motifs is 1. The predicted molar refractivity (Wildman–Crippen MR) is 129 cm³/mol. The van der Waals surface area contributed by atoms with Gasteiger partial charge in [-0.25, -0.2) is 9.97 Å². The fraction of sp³-hybridized carbons (Fsp3) is 0.500. The minimum atomic E-state index is -1.16. The minimum Gasteiger partial charge on any atom is -0.378 e. The molecule has 0 unspecified atom stereocenters. The van der Waals surface area contributed by atoms with Gasteiger partial charge in [-0.15, -0.1) is 0 Å². The Bertz CT molecular complexity index is 1110. The summed E-state index contributed by atoms with van der Waals surface area (Å²) in [4.78, 5) is 32.6. The van der Waals surface area contributed by atoms with Crippen molar-refractivity contribution < 1.29 is 14.3 Å². The highest BCUT2D eigenvalue weighted by Gasteiger charge is 2.21. The molecule has 1 aliphatic heterocycles. The fourth-order valence-electron chi connectivity index (χ4n) is 3.47. The summed E-state index contributed by atoms with van der Waals surface area (Å²) in [6.07, 6.45) is 3.39. The average molecular weight is 470 g/mol. The van der Waals surface area contributed by atoms with Crippen LogP contribution in [0.25, 0.3) is 22.4 Å². The SMILES string of the molecule is CNC(=O)c1ccc(-c2nc(N3CCOCC3)nc3c2ncn3COCC[Si](C)(C)C)cn1. The number of ether oxygens (including phenoxy) is 2. The number of aromatic nitrogens is 5. The molecule has 4 heterocycles. The summed E-state index contributed by atoms with van der Waals surface area (Å²) in [5.74, 6) is 0.392. The quantitative estimate of drug-likeness (QED) is 0.396. The van der Waals surface area contributed by atoms with Crippen molar-refractivity contribution in [2.75, 3.05) is 44.9 Å². The Morgan fingerprint density at radius 1 is 1.18 bits per heavy atom. The molecule has 33 heavy (non-hydrogen) atoms. The van der Waals surface area contributed by atoms with Gasteiger partial charge in [-0.05, 0) is 18.2 Å². The minimum absolute atomic E-state index is 0.233. The Morgan fingerprint density at radius 2 is 1.97 bits per heavy atom. The average Bonchev–Trinajstić information content (AvgIpc) is 3.24. The van der Waals surface area contributed by atoms with Crippen LogP contribution in [-0.4, -0.2) is 78.4 Å². The molecule has 0 radical (unpaired) electrons. The number of hydrogen-bond donors (Lipinski definition) is 1. The molecule has 1 N–H and O–H groups in total. The molecule has 10 nitrogen and oxygen atoms in total. The third kappa shape index (κ3) is 5.54. The molecule has 0 aromatic carbocycles. The number of nitrogens with zero attached hydrogens (tertiary/aromatic N) is 6. The van der Waals surface area contributed by atoms with Crippen molar-refractivity contribution in [2.45, 2.75) is 32.4 Å². The zero-order valence-electron chi connectivity index (χ0n) is 19.7. The first-order valence-electron chi connectivity index (χ1n) is 11.2. The number of nitrogens with one attached hydrogen (secondary N) is 1. The molecule has 3 aromatic rings. The first-order chi connectivity index (χ1) is 15.9. The molecule has 0 spiro atoms. The Kier molecular flexibility index (Phi) is 7.01. The molecule has 0 bridgehead atoms. The van der Waals surface area contributed by atoms with E-state index < -0.39 is 8.07 Å². The van der Waals surface area contributed by atoms with Crippen molar-refractivity contribution >= 4 is 31.1 Å². The predicted octanol–water partition coefficient (Wildman–Crippen LogP) is 2.40. The second-order valence-electron chi connectivity index (χ2n) is 9.22. The van der Waals surface area contributed by atoms with Crippen LogP contribution in [0.1, 0.15) is 10.5 Å². The van der Waals surface area contributed by atoms with E-state index in [1.807, 2.05) is 10.6 Å². The first kappa shape index (κ1) is 23.3. The number of anilines is 1. The second-order valence-corrected chi connectivity index (χ2v) is 14.8. The Morgan fingerprint density at radius 3 is 2.64 bits per heavy atom. The maximum Gasteiger partial charge on any atom is 0.269 e. The molecular formula is C22H31N7O3Si. The van der Waals surface area contributed by atoms with Crippen LogP contribution in [0, 0.1) is 0 Å². The summed E-state index contributed by atoms with van der Waals surface area (Å²) in [5.41, 5.74) is 3.19. The number of imidazole rings is 1. The summed E-state index contributed by atoms with van der Waals surface area (Å²) in [6.45, 7) is 10.8. The van der Waals surface area contributed by atoms with Gasteiger partial charge in [-0.1, -0.05) is 19.6 Å². The molecule has 1 saturated heterocycles. The van der Waals surface area contributed by atoms with Crippen LogP contribution in [0.2, 0.25) is 25.7 Å². The van der Waals surface area contributed by atoms with E-state index in [1.54, 1.807) is 25.6 Å². The highest BCUT2D eigenvalue weighted by Crippen LogP contribution is 2.27. The van der Waals surface area contributed by atoms with Gasteiger partial charge >= 0.3 is 0 Å². The van der Waals surface area contributed by atoms with Gasteiger partial charge in [0, 0.05) is 46.6 Å². The van der Waals surface area contributed by atoms with Crippen molar-refractivity contribution in [3.8, 4) is 11.3 Å². The van der Waals surface area contributed by atoms with Crippen molar-refractivity contribution in [1.29, 1.82) is 0 Å². The Balaban J connectivity index is 1.68. The highest BCUT2D eigenvalue weighted by molar-refractivity contribution is 6.76. The largest absolute Gasteiger partial charge is 0.378 e. The molecule has 3 aromatic heterocycles. The van der Waals surface area contributed by atoms with E-state index in [0.29, 0.717) is 55.1 Å². The number of hydrogen-bond acceptors (Lipinski definition) is 8. The molecule has 176 valence electrons. The zero-order chi connectivity index (χ0) is 23.4. The van der Waals surface area contributed by atoms with E-state index in [2.05, 4.69) is 39.8 Å².